The number of nitrogens with zero attached hydrogens (tertiary/aromatic N) is 5. The van der Waals surface area contributed by atoms with Gasteiger partial charge in [-0.05, 0) is 24.6 Å². The van der Waals surface area contributed by atoms with Crippen LogP contribution in [0, 0.1) is 17.0 Å². The number of aromatic nitrogens is 4. The summed E-state index contributed by atoms with van der Waals surface area (Å²) < 4.78 is 1.59. The Balaban J connectivity index is 1.43. The van der Waals surface area contributed by atoms with Crippen molar-refractivity contribution in [3.63, 3.8) is 0 Å². The maximum atomic E-state index is 12.5. The molecule has 0 unspecified atom stereocenters. The molecular weight excluding hydrogens is 464 g/mol. The molecule has 1 amide bonds. The predicted molar refractivity (Wildman–Crippen MR) is 134 cm³/mol. The zero-order chi connectivity index (χ0) is 24.4. The number of hydrogen-bond acceptors (Lipinski definition) is 7. The first-order valence-corrected chi connectivity index (χ1v) is 11.8. The molecule has 0 aliphatic heterocycles. The van der Waals surface area contributed by atoms with E-state index in [0.29, 0.717) is 28.7 Å². The topological polar surface area (TPSA) is 115 Å². The summed E-state index contributed by atoms with van der Waals surface area (Å²) in [4.78, 5) is 32.6. The molecule has 0 aliphatic rings. The third kappa shape index (κ3) is 4.82. The van der Waals surface area contributed by atoms with E-state index >= 15 is 0 Å². The van der Waals surface area contributed by atoms with Gasteiger partial charge in [0.25, 0.3) is 5.69 Å². The predicted octanol–water partition coefficient (Wildman–Crippen LogP) is 4.57. The molecule has 5 aromatic rings. The molecule has 0 saturated carbocycles. The summed E-state index contributed by atoms with van der Waals surface area (Å²) in [6.45, 7) is 2.46. The van der Waals surface area contributed by atoms with Crippen LogP contribution in [0.1, 0.15) is 11.1 Å². The number of rotatable bonds is 7. The Morgan fingerprint density at radius 3 is 2.66 bits per heavy atom. The minimum Gasteiger partial charge on any atom is -0.351 e. The first kappa shape index (κ1) is 22.5. The number of amides is 1. The van der Waals surface area contributed by atoms with Gasteiger partial charge in [-0.15, -0.1) is 5.10 Å². The molecule has 10 heteroatoms. The van der Waals surface area contributed by atoms with Crippen molar-refractivity contribution in [1.82, 2.24) is 24.9 Å². The standard InChI is InChI=1S/C25H20N6O3S/c1-16-9-11-17(12-10-16)14-26-22(32)15-35-25-27-21-8-3-2-7-20(21)24-28-23(29-30(24)25)18-5-4-6-19(13-18)31(33)34/h2-13H,14-15H2,1H3,(H,26,32). The van der Waals surface area contributed by atoms with Gasteiger partial charge in [-0.1, -0.05) is 65.9 Å². The molecule has 35 heavy (non-hydrogen) atoms. The summed E-state index contributed by atoms with van der Waals surface area (Å²) in [6, 6.07) is 21.7. The van der Waals surface area contributed by atoms with Crippen molar-refractivity contribution in [3.8, 4) is 11.4 Å². The summed E-state index contributed by atoms with van der Waals surface area (Å²) in [6.07, 6.45) is 0. The number of thioether (sulfide) groups is 1. The smallest absolute Gasteiger partial charge is 0.270 e. The van der Waals surface area contributed by atoms with Gasteiger partial charge in [0.15, 0.2) is 16.6 Å². The van der Waals surface area contributed by atoms with Crippen LogP contribution in [0.2, 0.25) is 0 Å². The lowest BCUT2D eigenvalue weighted by Gasteiger charge is -2.07. The average molecular weight is 485 g/mol. The number of fused-ring (bicyclic) bond motifs is 3. The van der Waals surface area contributed by atoms with E-state index in [0.717, 1.165) is 16.5 Å². The molecule has 0 bridgehead atoms. The zero-order valence-corrected chi connectivity index (χ0v) is 19.5. The van der Waals surface area contributed by atoms with E-state index in [1.165, 1.54) is 29.5 Å². The summed E-state index contributed by atoms with van der Waals surface area (Å²) in [5.41, 5.74) is 3.97. The molecular formula is C25H20N6O3S. The van der Waals surface area contributed by atoms with Crippen LogP contribution in [0.15, 0.2) is 78.0 Å². The third-order valence-electron chi connectivity index (χ3n) is 5.41. The van der Waals surface area contributed by atoms with Crippen LogP contribution >= 0.6 is 11.8 Å². The molecule has 0 fully saturated rings. The SMILES string of the molecule is Cc1ccc(CNC(=O)CSc2nc3ccccc3c3nc(-c4cccc([N+](=O)[O-])c4)nn23)cc1. The number of para-hydroxylation sites is 1. The van der Waals surface area contributed by atoms with Crippen LogP contribution in [0.25, 0.3) is 27.9 Å². The van der Waals surface area contributed by atoms with Crippen LogP contribution in [-0.4, -0.2) is 36.2 Å². The molecule has 2 aromatic heterocycles. The van der Waals surface area contributed by atoms with Gasteiger partial charge in [0.1, 0.15) is 0 Å². The van der Waals surface area contributed by atoms with E-state index < -0.39 is 4.92 Å². The Hall–Kier alpha value is -4.31. The van der Waals surface area contributed by atoms with Crippen molar-refractivity contribution >= 4 is 39.9 Å². The first-order valence-electron chi connectivity index (χ1n) is 10.8. The van der Waals surface area contributed by atoms with Crippen LogP contribution in [0.3, 0.4) is 0 Å². The van der Waals surface area contributed by atoms with Crippen LogP contribution < -0.4 is 5.32 Å². The van der Waals surface area contributed by atoms with Gasteiger partial charge >= 0.3 is 0 Å². The highest BCUT2D eigenvalue weighted by Crippen LogP contribution is 2.27. The Labute approximate surface area is 204 Å². The monoisotopic (exact) mass is 484 g/mol. The maximum Gasteiger partial charge on any atom is 0.270 e. The number of hydrogen-bond donors (Lipinski definition) is 1. The number of non-ortho nitro benzene ring substituents is 1. The quantitative estimate of drug-likeness (QED) is 0.156. The molecule has 3 aromatic carbocycles. The Morgan fingerprint density at radius 2 is 1.86 bits per heavy atom. The number of carbonyl (C=O) groups is 1. The van der Waals surface area contributed by atoms with Crippen molar-refractivity contribution < 1.29 is 9.72 Å². The number of nitro groups is 1. The molecule has 174 valence electrons. The summed E-state index contributed by atoms with van der Waals surface area (Å²) >= 11 is 1.26. The number of benzene rings is 3. The van der Waals surface area contributed by atoms with Crippen molar-refractivity contribution in [1.29, 1.82) is 0 Å². The highest BCUT2D eigenvalue weighted by atomic mass is 32.2. The molecule has 5 rings (SSSR count). The van der Waals surface area contributed by atoms with Crippen molar-refractivity contribution in [3.05, 3.63) is 94.0 Å². The molecule has 0 radical (unpaired) electrons. The van der Waals surface area contributed by atoms with Gasteiger partial charge in [-0.2, -0.15) is 4.52 Å². The van der Waals surface area contributed by atoms with Gasteiger partial charge in [-0.25, -0.2) is 9.97 Å². The molecule has 0 atom stereocenters. The Morgan fingerprint density at radius 1 is 1.06 bits per heavy atom. The number of aryl methyl sites for hydroxylation is 1. The Kier molecular flexibility index (Phi) is 6.11. The molecule has 2 heterocycles. The largest absolute Gasteiger partial charge is 0.351 e. The average Bonchev–Trinajstić information content (AvgIpc) is 3.33. The summed E-state index contributed by atoms with van der Waals surface area (Å²) in [5, 5.41) is 20.0. The van der Waals surface area contributed by atoms with Crippen molar-refractivity contribution in [2.45, 2.75) is 18.6 Å². The number of nitrogens with one attached hydrogen (secondary N) is 1. The van der Waals surface area contributed by atoms with Crippen LogP contribution in [0.4, 0.5) is 5.69 Å². The summed E-state index contributed by atoms with van der Waals surface area (Å²) in [5.74, 6) is 0.369. The van der Waals surface area contributed by atoms with Crippen molar-refractivity contribution in [2.75, 3.05) is 5.75 Å². The minimum absolute atomic E-state index is 0.0378. The van der Waals surface area contributed by atoms with Gasteiger partial charge in [0.2, 0.25) is 5.91 Å². The minimum atomic E-state index is -0.452. The normalized spacial score (nSPS) is 11.1. The van der Waals surface area contributed by atoms with Crippen LogP contribution in [0.5, 0.6) is 0 Å². The number of carbonyl (C=O) groups excluding carboxylic acids is 1. The second-order valence-corrected chi connectivity index (χ2v) is 8.88. The van der Waals surface area contributed by atoms with E-state index in [2.05, 4.69) is 15.4 Å². The van der Waals surface area contributed by atoms with Gasteiger partial charge in [-0.3, -0.25) is 14.9 Å². The lowest BCUT2D eigenvalue weighted by atomic mass is 10.1. The van der Waals surface area contributed by atoms with Crippen LogP contribution in [-0.2, 0) is 11.3 Å². The number of nitro benzene ring substituents is 1. The fourth-order valence-corrected chi connectivity index (χ4v) is 4.37. The molecule has 1 N–H and O–H groups in total. The highest BCUT2D eigenvalue weighted by Gasteiger charge is 2.17. The van der Waals surface area contributed by atoms with E-state index in [1.807, 2.05) is 55.5 Å². The summed E-state index contributed by atoms with van der Waals surface area (Å²) in [7, 11) is 0. The lowest BCUT2D eigenvalue weighted by Crippen LogP contribution is -2.24. The van der Waals surface area contributed by atoms with E-state index in [9.17, 15) is 14.9 Å². The van der Waals surface area contributed by atoms with Gasteiger partial charge < -0.3 is 5.32 Å². The Bertz CT molecular complexity index is 1570. The molecule has 9 nitrogen and oxygen atoms in total. The zero-order valence-electron chi connectivity index (χ0n) is 18.7. The van der Waals surface area contributed by atoms with Crippen molar-refractivity contribution in [2.24, 2.45) is 0 Å². The van der Waals surface area contributed by atoms with Gasteiger partial charge in [0.05, 0.1) is 16.2 Å². The fourth-order valence-electron chi connectivity index (χ4n) is 3.59. The third-order valence-corrected chi connectivity index (χ3v) is 6.34. The fraction of sp³-hybridized carbons (Fsp3) is 0.120. The molecule has 0 aliphatic carbocycles. The van der Waals surface area contributed by atoms with E-state index in [4.69, 9.17) is 4.98 Å². The second kappa shape index (κ2) is 9.51. The lowest BCUT2D eigenvalue weighted by molar-refractivity contribution is -0.384. The molecule has 0 spiro atoms. The first-order chi connectivity index (χ1) is 17.0. The van der Waals surface area contributed by atoms with E-state index in [1.54, 1.807) is 16.6 Å². The highest BCUT2D eigenvalue weighted by molar-refractivity contribution is 7.99. The molecule has 0 saturated heterocycles. The second-order valence-electron chi connectivity index (χ2n) is 7.94. The maximum absolute atomic E-state index is 12.5. The van der Waals surface area contributed by atoms with E-state index in [-0.39, 0.29) is 17.3 Å². The van der Waals surface area contributed by atoms with Gasteiger partial charge in [0, 0.05) is 29.6 Å².